The standard InChI is InChI=1S/C50H84N8O11S.C2HF3O2/c1-9-20-58(49(63)44(35(6)11-3)54-47(62)41-14-12-13-21-57(41)8)42(34(4)5)32-43(68-22-10-2)48-53-40(33-70-48)46(61)52-38(31-37-15-17-39(59)18-16-37)30-36(7)45(60)55-56-50(64)69-29-28-67-27-26-66-25-24-65-23-19-51;3-2(4,5)1(6)7/h15-18,33-36,38,41-44,59H,9-14,19-32,51H2,1-8H3,(H,52,61)(H,54,62)(H,55,60)(H,56,64);(H,6,7)/t35-,36-,38+,41+,42+,43+,44-;/m0./s1. The lowest BCUT2D eigenvalue weighted by atomic mass is 9.92. The van der Waals surface area contributed by atoms with Gasteiger partial charge in [-0.2, -0.15) is 13.2 Å². The monoisotopic (exact) mass is 1120 g/mol. The fourth-order valence-corrected chi connectivity index (χ4v) is 9.07. The molecule has 0 radical (unpaired) electrons. The van der Waals surface area contributed by atoms with Gasteiger partial charge in [-0.15, -0.1) is 11.3 Å². The minimum atomic E-state index is -5.08. The Labute approximate surface area is 455 Å². The molecule has 25 heteroatoms. The van der Waals surface area contributed by atoms with E-state index in [2.05, 4.69) is 40.2 Å². The van der Waals surface area contributed by atoms with Crippen LogP contribution in [-0.4, -0.2) is 171 Å². The van der Waals surface area contributed by atoms with E-state index < -0.39 is 54.2 Å². The molecule has 1 aliphatic rings. The van der Waals surface area contributed by atoms with Gasteiger partial charge in [0.05, 0.1) is 45.7 Å². The first-order valence-corrected chi connectivity index (χ1v) is 27.4. The Balaban J connectivity index is 0.00000270. The van der Waals surface area contributed by atoms with Crippen molar-refractivity contribution in [3.63, 3.8) is 0 Å². The highest BCUT2D eigenvalue weighted by Gasteiger charge is 2.39. The quantitative estimate of drug-likeness (QED) is 0.0331. The van der Waals surface area contributed by atoms with Crippen LogP contribution < -0.4 is 27.2 Å². The second kappa shape index (κ2) is 36.8. The third-order valence-corrected chi connectivity index (χ3v) is 13.5. The molecule has 2 heterocycles. The molecular weight excluding hydrogens is 1030 g/mol. The molecule has 2 aromatic rings. The van der Waals surface area contributed by atoms with Crippen molar-refractivity contribution in [2.45, 2.75) is 143 Å². The highest BCUT2D eigenvalue weighted by molar-refractivity contribution is 7.09. The molecule has 21 nitrogen and oxygen atoms in total. The van der Waals surface area contributed by atoms with Crippen molar-refractivity contribution in [3.05, 3.63) is 45.9 Å². The molecule has 1 saturated heterocycles. The van der Waals surface area contributed by atoms with Crippen molar-refractivity contribution >= 4 is 47.0 Å². The third kappa shape index (κ3) is 25.9. The first-order chi connectivity index (χ1) is 36.6. The van der Waals surface area contributed by atoms with E-state index in [-0.39, 0.29) is 66.8 Å². The molecule has 77 heavy (non-hydrogen) atoms. The highest BCUT2D eigenvalue weighted by atomic mass is 32.1. The zero-order valence-corrected chi connectivity index (χ0v) is 46.8. The number of likely N-dealkylation sites (tertiary alicyclic amines) is 1. The van der Waals surface area contributed by atoms with Gasteiger partial charge in [0.15, 0.2) is 0 Å². The van der Waals surface area contributed by atoms with Crippen LogP contribution >= 0.6 is 11.3 Å². The molecule has 3 rings (SSSR count). The number of carboxylic acids is 1. The number of ether oxygens (including phenoxy) is 5. The van der Waals surface area contributed by atoms with Gasteiger partial charge in [-0.25, -0.2) is 20.0 Å². The van der Waals surface area contributed by atoms with Crippen LogP contribution in [0, 0.1) is 17.8 Å². The van der Waals surface area contributed by atoms with E-state index >= 15 is 0 Å². The van der Waals surface area contributed by atoms with Gasteiger partial charge in [-0.05, 0) is 81.6 Å². The number of carboxylic acid groups (broad SMARTS) is 1. The molecule has 5 amide bonds. The number of alkyl halides is 3. The lowest BCUT2D eigenvalue weighted by Gasteiger charge is -2.40. The molecular formula is C52H85F3N8O13S. The van der Waals surface area contributed by atoms with Crippen LogP contribution in [0.5, 0.6) is 5.75 Å². The van der Waals surface area contributed by atoms with Crippen LogP contribution in [-0.2, 0) is 49.3 Å². The van der Waals surface area contributed by atoms with Crippen LogP contribution in [0.2, 0.25) is 0 Å². The average molecular weight is 1120 g/mol. The van der Waals surface area contributed by atoms with E-state index in [1.807, 2.05) is 39.6 Å². The van der Waals surface area contributed by atoms with Crippen molar-refractivity contribution in [3.8, 4) is 5.75 Å². The zero-order chi connectivity index (χ0) is 57.5. The first-order valence-electron chi connectivity index (χ1n) is 26.5. The summed E-state index contributed by atoms with van der Waals surface area (Å²) in [6.45, 7) is 18.3. The number of rotatable bonds is 33. The van der Waals surface area contributed by atoms with Crippen molar-refractivity contribution in [2.75, 3.05) is 79.5 Å². The number of thiazole rings is 1. The maximum Gasteiger partial charge on any atom is 0.490 e. The first kappa shape index (κ1) is 67.9. The summed E-state index contributed by atoms with van der Waals surface area (Å²) in [6, 6.07) is 4.83. The summed E-state index contributed by atoms with van der Waals surface area (Å²) in [7, 11) is 1.97. The van der Waals surface area contributed by atoms with Crippen LogP contribution in [0.15, 0.2) is 29.6 Å². The summed E-state index contributed by atoms with van der Waals surface area (Å²) in [6.07, 6.45) is -0.551. The van der Waals surface area contributed by atoms with Gasteiger partial charge in [0.1, 0.15) is 35.2 Å². The number of hydrogen-bond donors (Lipinski definition) is 7. The number of amides is 5. The third-order valence-electron chi connectivity index (χ3n) is 12.6. The Morgan fingerprint density at radius 3 is 2.05 bits per heavy atom. The normalized spacial score (nSPS) is 16.1. The number of benzene rings is 1. The zero-order valence-electron chi connectivity index (χ0n) is 46.0. The van der Waals surface area contributed by atoms with E-state index in [9.17, 15) is 42.3 Å². The molecule has 0 spiro atoms. The number of aromatic hydroxyl groups is 1. The molecule has 1 aliphatic heterocycles. The number of hydrazine groups is 1. The molecule has 1 aromatic carbocycles. The highest BCUT2D eigenvalue weighted by Crippen LogP contribution is 2.32. The number of aromatic nitrogens is 1. The van der Waals surface area contributed by atoms with Gasteiger partial charge in [0, 0.05) is 49.5 Å². The second-order valence-electron chi connectivity index (χ2n) is 19.2. The predicted molar refractivity (Wildman–Crippen MR) is 283 cm³/mol. The summed E-state index contributed by atoms with van der Waals surface area (Å²) in [5.41, 5.74) is 11.0. The molecule has 1 fully saturated rings. The van der Waals surface area contributed by atoms with Crippen molar-refractivity contribution in [1.29, 1.82) is 0 Å². The number of aliphatic carboxylic acids is 1. The van der Waals surface area contributed by atoms with E-state index in [0.717, 1.165) is 44.2 Å². The van der Waals surface area contributed by atoms with Gasteiger partial charge in [0.25, 0.3) is 5.91 Å². The SMILES string of the molecule is CCCO[C@H](C[C@H](C(C)C)N(CCC)C(=O)[C@@H](NC(=O)[C@H]1CCCCN1C)[C@@H](C)CC)c1nc(C(=O)N[C@@H](Cc2ccc(O)cc2)C[C@H](C)C(=O)NNC(=O)OCCOCCOCCOCCN)cs1.O=C(O)C(F)(F)F. The number of phenols is 1. The fraction of sp³-hybridized carbons (Fsp3) is 0.712. The number of carbonyl (C=O) groups is 6. The minimum Gasteiger partial charge on any atom is -0.508 e. The Morgan fingerprint density at radius 1 is 0.870 bits per heavy atom. The molecule has 0 aliphatic carbocycles. The maximum absolute atomic E-state index is 14.8. The summed E-state index contributed by atoms with van der Waals surface area (Å²) in [4.78, 5) is 85.7. The number of likely N-dealkylation sites (N-methyl/N-ethyl adjacent to an activating group) is 1. The summed E-state index contributed by atoms with van der Waals surface area (Å²) in [5.74, 6) is -4.55. The Morgan fingerprint density at radius 2 is 1.49 bits per heavy atom. The summed E-state index contributed by atoms with van der Waals surface area (Å²) >= 11 is 1.31. The average Bonchev–Trinajstić information content (AvgIpc) is 3.89. The van der Waals surface area contributed by atoms with Gasteiger partial charge in [-0.1, -0.05) is 73.4 Å². The lowest BCUT2D eigenvalue weighted by Crippen LogP contribution is -2.58. The second-order valence-corrected chi connectivity index (χ2v) is 20.1. The summed E-state index contributed by atoms with van der Waals surface area (Å²) in [5, 5.41) is 25.6. The number of phenolic OH excluding ortho intramolecular Hbond substituents is 1. The van der Waals surface area contributed by atoms with Gasteiger partial charge >= 0.3 is 18.2 Å². The molecule has 0 saturated carbocycles. The Bertz CT molecular complexity index is 2050. The van der Waals surface area contributed by atoms with E-state index in [1.165, 1.54) is 11.3 Å². The Hall–Kier alpha value is -5.18. The van der Waals surface area contributed by atoms with E-state index in [4.69, 9.17) is 44.3 Å². The topological polar surface area (TPSA) is 283 Å². The van der Waals surface area contributed by atoms with Gasteiger partial charge in [-0.3, -0.25) is 29.5 Å². The van der Waals surface area contributed by atoms with Gasteiger partial charge < -0.3 is 55.2 Å². The number of carbonyl (C=O) groups excluding carboxylic acids is 5. The van der Waals surface area contributed by atoms with Crippen molar-refractivity contribution in [1.82, 2.24) is 36.3 Å². The van der Waals surface area contributed by atoms with E-state index in [1.54, 1.807) is 36.6 Å². The number of nitrogens with two attached hydrogens (primary N) is 1. The van der Waals surface area contributed by atoms with Crippen LogP contribution in [0.1, 0.15) is 127 Å². The number of nitrogens with zero attached hydrogens (tertiary/aromatic N) is 3. The number of hydrogen-bond acceptors (Lipinski definition) is 16. The lowest BCUT2D eigenvalue weighted by molar-refractivity contribution is -0.192. The predicted octanol–water partition coefficient (Wildman–Crippen LogP) is 5.75. The Kier molecular flexibility index (Phi) is 32.5. The molecule has 438 valence electrons. The molecule has 0 unspecified atom stereocenters. The number of nitrogens with one attached hydrogen (secondary N) is 4. The van der Waals surface area contributed by atoms with E-state index in [0.29, 0.717) is 77.0 Å². The van der Waals surface area contributed by atoms with Gasteiger partial charge in [0.2, 0.25) is 17.7 Å². The van der Waals surface area contributed by atoms with Crippen LogP contribution in [0.25, 0.3) is 0 Å². The minimum absolute atomic E-state index is 0.0264. The van der Waals surface area contributed by atoms with Crippen molar-refractivity contribution < 1.29 is 75.8 Å². The molecule has 0 bridgehead atoms. The smallest absolute Gasteiger partial charge is 0.490 e. The molecule has 7 atom stereocenters. The summed E-state index contributed by atoms with van der Waals surface area (Å²) < 4.78 is 59.3. The molecule has 8 N–H and O–H groups in total. The maximum atomic E-state index is 14.8. The number of piperidine rings is 1. The fourth-order valence-electron chi connectivity index (χ4n) is 8.21. The number of halogens is 3. The largest absolute Gasteiger partial charge is 0.508 e. The molecule has 1 aromatic heterocycles. The van der Waals surface area contributed by atoms with Crippen molar-refractivity contribution in [2.24, 2.45) is 23.5 Å². The van der Waals surface area contributed by atoms with Crippen LogP contribution in [0.4, 0.5) is 18.0 Å². The van der Waals surface area contributed by atoms with Crippen LogP contribution in [0.3, 0.4) is 0 Å².